The summed E-state index contributed by atoms with van der Waals surface area (Å²) in [5, 5.41) is 16.7. The summed E-state index contributed by atoms with van der Waals surface area (Å²) in [7, 11) is 1.61. The predicted molar refractivity (Wildman–Crippen MR) is 97.8 cm³/mol. The van der Waals surface area contributed by atoms with Crippen LogP contribution >= 0.6 is 0 Å². The average molecular weight is 358 g/mol. The number of carbonyl (C=O) groups excluding carboxylic acids is 1. The first-order chi connectivity index (χ1) is 12.6. The fourth-order valence-electron chi connectivity index (χ4n) is 3.51. The number of nitrogens with zero attached hydrogens (tertiary/aromatic N) is 1. The van der Waals surface area contributed by atoms with E-state index in [4.69, 9.17) is 9.26 Å². The summed E-state index contributed by atoms with van der Waals surface area (Å²) >= 11 is 0. The molecule has 0 aliphatic heterocycles. The molecule has 2 N–H and O–H groups in total. The van der Waals surface area contributed by atoms with Crippen LogP contribution in [0.25, 0.3) is 11.3 Å². The normalized spacial score (nSPS) is 16.2. The molecule has 0 atom stereocenters. The number of aliphatic hydroxyl groups excluding tert-OH is 1. The molecule has 0 unspecified atom stereocenters. The van der Waals surface area contributed by atoms with E-state index in [1.54, 1.807) is 13.2 Å². The van der Waals surface area contributed by atoms with Crippen molar-refractivity contribution in [1.29, 1.82) is 0 Å². The molecule has 0 radical (unpaired) electrons. The van der Waals surface area contributed by atoms with Crippen LogP contribution in [0.1, 0.15) is 37.8 Å². The summed E-state index contributed by atoms with van der Waals surface area (Å²) in [6.07, 6.45) is 5.53. The highest BCUT2D eigenvalue weighted by Gasteiger charge is 2.31. The van der Waals surface area contributed by atoms with Gasteiger partial charge in [-0.15, -0.1) is 0 Å². The largest absolute Gasteiger partial charge is 0.497 e. The summed E-state index contributed by atoms with van der Waals surface area (Å²) in [6.45, 7) is 0.639. The molecule has 1 aliphatic carbocycles. The zero-order valence-corrected chi connectivity index (χ0v) is 15.2. The van der Waals surface area contributed by atoms with Crippen LogP contribution in [0, 0.1) is 5.41 Å². The number of carbonyl (C=O) groups is 1. The molecule has 1 amide bonds. The minimum Gasteiger partial charge on any atom is -0.497 e. The Hall–Kier alpha value is -2.34. The first-order valence-electron chi connectivity index (χ1n) is 9.12. The fraction of sp³-hybridized carbons (Fsp3) is 0.500. The van der Waals surface area contributed by atoms with Gasteiger partial charge in [0.1, 0.15) is 5.75 Å². The van der Waals surface area contributed by atoms with Crippen molar-refractivity contribution in [3.05, 3.63) is 36.0 Å². The molecule has 0 bridgehead atoms. The van der Waals surface area contributed by atoms with Gasteiger partial charge in [-0.3, -0.25) is 4.79 Å². The predicted octanol–water partition coefficient (Wildman–Crippen LogP) is 2.95. The van der Waals surface area contributed by atoms with Gasteiger partial charge in [0.15, 0.2) is 5.76 Å². The van der Waals surface area contributed by atoms with Crippen LogP contribution < -0.4 is 10.1 Å². The maximum Gasteiger partial charge on any atom is 0.226 e. The summed E-state index contributed by atoms with van der Waals surface area (Å²) in [5.74, 6) is 1.24. The molecule has 1 aromatic carbocycles. The van der Waals surface area contributed by atoms with E-state index in [2.05, 4.69) is 10.5 Å². The maximum atomic E-state index is 12.3. The van der Waals surface area contributed by atoms with Crippen LogP contribution in [0.2, 0.25) is 0 Å². The second kappa shape index (κ2) is 8.36. The van der Waals surface area contributed by atoms with Gasteiger partial charge in [0.2, 0.25) is 5.91 Å². The number of aliphatic hydroxyl groups is 1. The number of nitrogens with one attached hydrogen (secondary N) is 1. The van der Waals surface area contributed by atoms with E-state index >= 15 is 0 Å². The van der Waals surface area contributed by atoms with E-state index in [1.807, 2.05) is 24.3 Å². The summed E-state index contributed by atoms with van der Waals surface area (Å²) in [6, 6.07) is 9.27. The van der Waals surface area contributed by atoms with Crippen molar-refractivity contribution in [3.63, 3.8) is 0 Å². The van der Waals surface area contributed by atoms with Crippen LogP contribution in [0.5, 0.6) is 5.75 Å². The van der Waals surface area contributed by atoms with Crippen molar-refractivity contribution in [2.45, 2.75) is 38.5 Å². The Labute approximate surface area is 153 Å². The Kier molecular flexibility index (Phi) is 5.93. The Morgan fingerprint density at radius 2 is 2.12 bits per heavy atom. The van der Waals surface area contributed by atoms with Crippen LogP contribution in [0.3, 0.4) is 0 Å². The Bertz CT molecular complexity index is 735. The second-order valence-corrected chi connectivity index (χ2v) is 7.09. The van der Waals surface area contributed by atoms with Crippen molar-refractivity contribution in [3.8, 4) is 17.1 Å². The van der Waals surface area contributed by atoms with E-state index in [9.17, 15) is 9.90 Å². The smallest absolute Gasteiger partial charge is 0.226 e. The monoisotopic (exact) mass is 358 g/mol. The number of benzene rings is 1. The lowest BCUT2D eigenvalue weighted by atomic mass is 9.74. The number of hydrogen-bond donors (Lipinski definition) is 2. The Morgan fingerprint density at radius 3 is 2.85 bits per heavy atom. The molecule has 1 saturated carbocycles. The molecular formula is C20H26N2O4. The third-order valence-electron chi connectivity index (χ3n) is 5.17. The minimum absolute atomic E-state index is 0.103. The van der Waals surface area contributed by atoms with E-state index in [0.717, 1.165) is 37.0 Å². The second-order valence-electron chi connectivity index (χ2n) is 7.09. The lowest BCUT2D eigenvalue weighted by Crippen LogP contribution is -2.41. The third-order valence-corrected chi connectivity index (χ3v) is 5.17. The van der Waals surface area contributed by atoms with Crippen LogP contribution in [0.4, 0.5) is 0 Å². The molecule has 1 aromatic heterocycles. The van der Waals surface area contributed by atoms with Gasteiger partial charge in [-0.2, -0.15) is 0 Å². The molecule has 1 fully saturated rings. The Morgan fingerprint density at radius 1 is 1.31 bits per heavy atom. The van der Waals surface area contributed by atoms with Crippen molar-refractivity contribution in [2.75, 3.05) is 20.3 Å². The summed E-state index contributed by atoms with van der Waals surface area (Å²) in [5.41, 5.74) is 1.27. The van der Waals surface area contributed by atoms with Gasteiger partial charge in [0.25, 0.3) is 0 Å². The summed E-state index contributed by atoms with van der Waals surface area (Å²) in [4.78, 5) is 12.3. The topological polar surface area (TPSA) is 84.6 Å². The molecule has 6 heteroatoms. The van der Waals surface area contributed by atoms with Gasteiger partial charge in [-0.25, -0.2) is 0 Å². The zero-order valence-electron chi connectivity index (χ0n) is 15.2. The number of amides is 1. The number of ether oxygens (including phenoxy) is 1. The molecule has 0 saturated heterocycles. The average Bonchev–Trinajstić information content (AvgIpc) is 3.15. The Balaban J connectivity index is 1.57. The van der Waals surface area contributed by atoms with E-state index in [0.29, 0.717) is 18.0 Å². The molecular weight excluding hydrogens is 332 g/mol. The van der Waals surface area contributed by atoms with E-state index in [1.165, 1.54) is 6.42 Å². The molecule has 3 rings (SSSR count). The fourth-order valence-corrected chi connectivity index (χ4v) is 3.51. The quantitative estimate of drug-likeness (QED) is 0.795. The third kappa shape index (κ3) is 4.43. The number of aromatic nitrogens is 1. The van der Waals surface area contributed by atoms with Crippen LogP contribution in [-0.4, -0.2) is 36.4 Å². The molecule has 0 spiro atoms. The van der Waals surface area contributed by atoms with Crippen molar-refractivity contribution in [1.82, 2.24) is 10.5 Å². The van der Waals surface area contributed by atoms with Crippen LogP contribution in [-0.2, 0) is 11.2 Å². The standard InChI is InChI=1S/C20H26N2O4/c1-25-17-7-5-6-15(10-17)18-11-16(22-26-18)12-19(24)21-13-20(14-23)8-3-2-4-9-20/h5-7,10-11,23H,2-4,8-9,12-14H2,1H3,(H,21,24). The molecule has 2 aromatic rings. The van der Waals surface area contributed by atoms with E-state index < -0.39 is 0 Å². The number of hydrogen-bond acceptors (Lipinski definition) is 5. The molecule has 6 nitrogen and oxygen atoms in total. The van der Waals surface area contributed by atoms with Gasteiger partial charge in [-0.05, 0) is 25.0 Å². The van der Waals surface area contributed by atoms with Crippen molar-refractivity contribution in [2.24, 2.45) is 5.41 Å². The first-order valence-corrected chi connectivity index (χ1v) is 9.12. The lowest BCUT2D eigenvalue weighted by molar-refractivity contribution is -0.121. The highest BCUT2D eigenvalue weighted by atomic mass is 16.5. The highest BCUT2D eigenvalue weighted by molar-refractivity contribution is 5.78. The number of methoxy groups -OCH3 is 1. The lowest BCUT2D eigenvalue weighted by Gasteiger charge is -2.35. The molecule has 26 heavy (non-hydrogen) atoms. The maximum absolute atomic E-state index is 12.3. The molecule has 140 valence electrons. The highest BCUT2D eigenvalue weighted by Crippen LogP contribution is 2.35. The van der Waals surface area contributed by atoms with Gasteiger partial charge in [-0.1, -0.05) is 36.6 Å². The number of rotatable bonds is 7. The SMILES string of the molecule is COc1cccc(-c2cc(CC(=O)NCC3(CO)CCCCC3)no2)c1. The van der Waals surface area contributed by atoms with Gasteiger partial charge in [0.05, 0.1) is 25.8 Å². The van der Waals surface area contributed by atoms with Crippen molar-refractivity contribution >= 4 is 5.91 Å². The van der Waals surface area contributed by atoms with E-state index in [-0.39, 0.29) is 24.3 Å². The van der Waals surface area contributed by atoms with Crippen molar-refractivity contribution < 1.29 is 19.2 Å². The molecule has 1 heterocycles. The van der Waals surface area contributed by atoms with Gasteiger partial charge < -0.3 is 19.7 Å². The van der Waals surface area contributed by atoms with Gasteiger partial charge in [0, 0.05) is 23.6 Å². The summed E-state index contributed by atoms with van der Waals surface area (Å²) < 4.78 is 10.6. The zero-order chi connectivity index (χ0) is 18.4. The van der Waals surface area contributed by atoms with Gasteiger partial charge >= 0.3 is 0 Å². The molecule has 1 aliphatic rings. The minimum atomic E-state index is -0.163. The van der Waals surface area contributed by atoms with Crippen LogP contribution in [0.15, 0.2) is 34.9 Å². The first kappa shape index (κ1) is 18.5.